The van der Waals surface area contributed by atoms with Crippen molar-refractivity contribution in [3.63, 3.8) is 0 Å². The van der Waals surface area contributed by atoms with Crippen molar-refractivity contribution < 1.29 is 29.5 Å². The first-order valence-electron chi connectivity index (χ1n) is 9.36. The average molecular weight is 417 g/mol. The molecular weight excluding hydrogens is 394 g/mol. The number of nitrogens with two attached hydrogens (primary N) is 1. The van der Waals surface area contributed by atoms with E-state index in [1.165, 1.54) is 10.9 Å². The highest BCUT2D eigenvalue weighted by Gasteiger charge is 2.44. The Labute approximate surface area is 171 Å². The maximum Gasteiger partial charge on any atom is 0.320 e. The van der Waals surface area contributed by atoms with Crippen molar-refractivity contribution in [2.45, 2.75) is 30.6 Å². The number of aromatic nitrogens is 4. The summed E-state index contributed by atoms with van der Waals surface area (Å²) in [5.74, 6) is 0.0918. The number of hydrogen-bond acceptors (Lipinski definition) is 10. The molecule has 1 aromatic carbocycles. The Morgan fingerprint density at radius 2 is 1.97 bits per heavy atom. The molecule has 0 amide bonds. The predicted molar refractivity (Wildman–Crippen MR) is 104 cm³/mol. The van der Waals surface area contributed by atoms with E-state index >= 15 is 0 Å². The third-order valence-corrected chi connectivity index (χ3v) is 5.04. The lowest BCUT2D eigenvalue weighted by atomic mass is 10.1. The first-order chi connectivity index (χ1) is 14.5. The summed E-state index contributed by atoms with van der Waals surface area (Å²) in [4.78, 5) is 12.6. The van der Waals surface area contributed by atoms with Crippen LogP contribution >= 0.6 is 0 Å². The van der Waals surface area contributed by atoms with Crippen LogP contribution in [0.1, 0.15) is 17.9 Å². The zero-order valence-corrected chi connectivity index (χ0v) is 16.2. The normalized spacial score (nSPS) is 24.9. The van der Waals surface area contributed by atoms with E-state index in [9.17, 15) is 15.3 Å². The molecule has 3 heterocycles. The number of imidazole rings is 1. The molecule has 4 rings (SSSR count). The minimum atomic E-state index is -1.28. The molecule has 160 valence electrons. The van der Waals surface area contributed by atoms with E-state index in [1.807, 2.05) is 30.3 Å². The number of nitrogens with zero attached hydrogens (tertiary/aromatic N) is 4. The predicted octanol–water partition coefficient (Wildman–Crippen LogP) is -0.213. The van der Waals surface area contributed by atoms with Crippen LogP contribution in [0, 0.1) is 0 Å². The number of aliphatic hydroxyl groups excluding tert-OH is 3. The number of aliphatic hydroxyl groups is 3. The second kappa shape index (κ2) is 8.50. The lowest BCUT2D eigenvalue weighted by Crippen LogP contribution is -2.33. The Hall–Kier alpha value is -2.83. The number of hydrogen-bond donors (Lipinski definition) is 4. The summed E-state index contributed by atoms with van der Waals surface area (Å²) in [5, 5.41) is 29.6. The monoisotopic (exact) mass is 417 g/mol. The van der Waals surface area contributed by atoms with Gasteiger partial charge in [0.05, 0.1) is 12.9 Å². The molecule has 1 saturated heterocycles. The summed E-state index contributed by atoms with van der Waals surface area (Å²) in [6, 6.07) is 9.57. The smallest absolute Gasteiger partial charge is 0.320 e. The molecule has 2 unspecified atom stereocenters. The zero-order chi connectivity index (χ0) is 21.3. The maximum absolute atomic E-state index is 10.3. The minimum absolute atomic E-state index is 0.00599. The highest BCUT2D eigenvalue weighted by atomic mass is 16.6. The summed E-state index contributed by atoms with van der Waals surface area (Å²) in [7, 11) is 1.58. The van der Waals surface area contributed by atoms with Crippen LogP contribution in [0.5, 0.6) is 6.01 Å². The fourth-order valence-electron chi connectivity index (χ4n) is 3.40. The van der Waals surface area contributed by atoms with E-state index in [1.54, 1.807) is 7.11 Å². The number of ether oxygens (including phenoxy) is 3. The minimum Gasteiger partial charge on any atom is -0.460 e. The molecule has 1 aliphatic rings. The Morgan fingerprint density at radius 3 is 2.63 bits per heavy atom. The zero-order valence-electron chi connectivity index (χ0n) is 16.2. The third kappa shape index (κ3) is 3.68. The van der Waals surface area contributed by atoms with Crippen molar-refractivity contribution in [2.24, 2.45) is 0 Å². The van der Waals surface area contributed by atoms with Gasteiger partial charge in [0.2, 0.25) is 0 Å². The van der Waals surface area contributed by atoms with Crippen LogP contribution in [-0.2, 0) is 9.47 Å². The molecule has 11 heteroatoms. The van der Waals surface area contributed by atoms with Gasteiger partial charge in [0.15, 0.2) is 23.2 Å². The van der Waals surface area contributed by atoms with Crippen LogP contribution in [0.25, 0.3) is 11.2 Å². The molecule has 3 aromatic rings. The van der Waals surface area contributed by atoms with Crippen LogP contribution in [0.3, 0.4) is 0 Å². The number of fused-ring (bicyclic) bond motifs is 1. The summed E-state index contributed by atoms with van der Waals surface area (Å²) in [6.07, 6.45) is -3.42. The summed E-state index contributed by atoms with van der Waals surface area (Å²) < 4.78 is 18.2. The third-order valence-electron chi connectivity index (χ3n) is 5.04. The van der Waals surface area contributed by atoms with E-state index in [-0.39, 0.29) is 30.2 Å². The molecule has 0 radical (unpaired) electrons. The Bertz CT molecular complexity index is 1000. The molecule has 0 spiro atoms. The van der Waals surface area contributed by atoms with Gasteiger partial charge in [-0.15, -0.1) is 0 Å². The van der Waals surface area contributed by atoms with Crippen LogP contribution in [0.4, 0.5) is 5.82 Å². The van der Waals surface area contributed by atoms with E-state index in [0.717, 1.165) is 5.56 Å². The van der Waals surface area contributed by atoms with Gasteiger partial charge in [-0.05, 0) is 5.56 Å². The molecule has 11 nitrogen and oxygen atoms in total. The van der Waals surface area contributed by atoms with Gasteiger partial charge in [-0.2, -0.15) is 9.97 Å². The van der Waals surface area contributed by atoms with E-state index in [0.29, 0.717) is 5.52 Å². The summed E-state index contributed by atoms with van der Waals surface area (Å²) >= 11 is 0. The lowest BCUT2D eigenvalue weighted by molar-refractivity contribution is -0.0511. The van der Waals surface area contributed by atoms with Crippen LogP contribution in [0.15, 0.2) is 36.7 Å². The van der Waals surface area contributed by atoms with Gasteiger partial charge in [0, 0.05) is 7.11 Å². The van der Waals surface area contributed by atoms with Crippen LogP contribution < -0.4 is 10.5 Å². The Kier molecular flexibility index (Phi) is 5.79. The first kappa shape index (κ1) is 20.4. The van der Waals surface area contributed by atoms with Gasteiger partial charge in [-0.1, -0.05) is 30.3 Å². The Balaban J connectivity index is 1.59. The van der Waals surface area contributed by atoms with E-state index in [2.05, 4.69) is 15.0 Å². The largest absolute Gasteiger partial charge is 0.460 e. The van der Waals surface area contributed by atoms with Gasteiger partial charge in [0.1, 0.15) is 31.0 Å². The number of nitrogen functional groups attached to an aromatic ring is 1. The van der Waals surface area contributed by atoms with Gasteiger partial charge in [-0.3, -0.25) is 4.57 Å². The molecular formula is C19H23N5O6. The van der Waals surface area contributed by atoms with Gasteiger partial charge in [-0.25, -0.2) is 4.98 Å². The molecule has 1 fully saturated rings. The molecule has 1 aliphatic heterocycles. The lowest BCUT2D eigenvalue weighted by Gasteiger charge is -2.17. The standard InChI is InChI=1S/C19H23N5O6/c1-28-12(10-5-3-2-4-6-10)8-29-19-22-16(20)13-17(23-19)24(9-21-13)18-15(27)14(26)11(7-25)30-18/h2-6,9,11-12,14-15,18,25-27H,7-8H2,1H3,(H2,20,22,23)/t11-,12-,14?,15?,18-/m1/s1. The van der Waals surface area contributed by atoms with Crippen molar-refractivity contribution in [3.05, 3.63) is 42.2 Å². The fourth-order valence-corrected chi connectivity index (χ4v) is 3.40. The maximum atomic E-state index is 10.3. The summed E-state index contributed by atoms with van der Waals surface area (Å²) in [6.45, 7) is -0.293. The number of methoxy groups -OCH3 is 1. The molecule has 30 heavy (non-hydrogen) atoms. The molecule has 5 atom stereocenters. The van der Waals surface area contributed by atoms with E-state index in [4.69, 9.17) is 19.9 Å². The van der Waals surface area contributed by atoms with Crippen molar-refractivity contribution in [1.29, 1.82) is 0 Å². The highest BCUT2D eigenvalue weighted by Crippen LogP contribution is 2.32. The van der Waals surface area contributed by atoms with Crippen molar-refractivity contribution in [2.75, 3.05) is 26.1 Å². The molecule has 0 bridgehead atoms. The highest BCUT2D eigenvalue weighted by molar-refractivity contribution is 5.82. The molecule has 5 N–H and O–H groups in total. The molecule has 0 aliphatic carbocycles. The fraction of sp³-hybridized carbons (Fsp3) is 0.421. The summed E-state index contributed by atoms with van der Waals surface area (Å²) in [5.41, 5.74) is 7.50. The van der Waals surface area contributed by atoms with Crippen LogP contribution in [0.2, 0.25) is 0 Å². The molecule has 0 saturated carbocycles. The topological polar surface area (TPSA) is 158 Å². The molecule has 2 aromatic heterocycles. The quantitative estimate of drug-likeness (QED) is 0.405. The van der Waals surface area contributed by atoms with Crippen molar-refractivity contribution in [1.82, 2.24) is 19.5 Å². The number of rotatable bonds is 7. The Morgan fingerprint density at radius 1 is 1.20 bits per heavy atom. The average Bonchev–Trinajstić information content (AvgIpc) is 3.31. The first-order valence-corrected chi connectivity index (χ1v) is 9.36. The second-order valence-corrected chi connectivity index (χ2v) is 6.89. The van der Waals surface area contributed by atoms with Crippen molar-refractivity contribution in [3.8, 4) is 6.01 Å². The van der Waals surface area contributed by atoms with Gasteiger partial charge in [0.25, 0.3) is 0 Å². The number of benzene rings is 1. The van der Waals surface area contributed by atoms with Gasteiger partial charge < -0.3 is 35.3 Å². The van der Waals surface area contributed by atoms with E-state index < -0.39 is 31.1 Å². The number of anilines is 1. The van der Waals surface area contributed by atoms with Crippen molar-refractivity contribution >= 4 is 17.0 Å². The van der Waals surface area contributed by atoms with Gasteiger partial charge >= 0.3 is 6.01 Å². The second-order valence-electron chi connectivity index (χ2n) is 6.89. The van der Waals surface area contributed by atoms with Crippen LogP contribution in [-0.4, -0.2) is 73.5 Å². The SMILES string of the molecule is CO[C@H](COc1nc(N)c2ncn([C@@H]3O[C@H](CO)C(O)C3O)c2n1)c1ccccc1.